The summed E-state index contributed by atoms with van der Waals surface area (Å²) in [6, 6.07) is 17.5. The van der Waals surface area contributed by atoms with Crippen molar-refractivity contribution >= 4 is 28.8 Å². The number of aromatic nitrogens is 4. The Hall–Kier alpha value is -4.81. The Morgan fingerprint density at radius 2 is 1.57 bits per heavy atom. The molecule has 0 spiro atoms. The maximum absolute atomic E-state index is 10.5. The van der Waals surface area contributed by atoms with E-state index < -0.39 is 17.5 Å². The summed E-state index contributed by atoms with van der Waals surface area (Å²) in [6.45, 7) is 0.275. The number of rotatable bonds is 7. The lowest BCUT2D eigenvalue weighted by Gasteiger charge is -2.35. The van der Waals surface area contributed by atoms with E-state index in [0.717, 1.165) is 41.0 Å². The van der Waals surface area contributed by atoms with E-state index in [0.29, 0.717) is 36.5 Å². The number of aliphatic hydroxyl groups is 1. The fraction of sp³-hybridized carbons (Fsp3) is 0.250. The summed E-state index contributed by atoms with van der Waals surface area (Å²) >= 11 is 0. The number of carboxylic acid groups (broad SMARTS) is 2. The van der Waals surface area contributed by atoms with Gasteiger partial charge in [-0.25, -0.2) is 24.2 Å². The van der Waals surface area contributed by atoms with Crippen LogP contribution >= 0.6 is 0 Å². The molecule has 0 radical (unpaired) electrons. The Labute approximate surface area is 229 Å². The van der Waals surface area contributed by atoms with Crippen LogP contribution in [0.15, 0.2) is 73.1 Å². The number of hydrogen-bond acceptors (Lipinski definition) is 9. The van der Waals surface area contributed by atoms with Crippen LogP contribution in [0.1, 0.15) is 31.7 Å². The minimum absolute atomic E-state index is 0.119. The first-order valence-electron chi connectivity index (χ1n) is 12.6. The van der Waals surface area contributed by atoms with E-state index in [1.54, 1.807) is 0 Å². The molecule has 0 amide bonds. The topological polar surface area (TPSA) is 200 Å². The number of nitrogens with two attached hydrogens (primary N) is 2. The Morgan fingerprint density at radius 3 is 2.15 bits per heavy atom. The smallest absolute Gasteiger partial charge is 0.328 e. The summed E-state index contributed by atoms with van der Waals surface area (Å²) in [4.78, 5) is 27.8. The average Bonchev–Trinajstić information content (AvgIpc) is 3.35. The fourth-order valence-corrected chi connectivity index (χ4v) is 4.49. The first-order valence-corrected chi connectivity index (χ1v) is 12.6. The van der Waals surface area contributed by atoms with Crippen molar-refractivity contribution in [1.29, 1.82) is 0 Å². The van der Waals surface area contributed by atoms with Gasteiger partial charge in [-0.05, 0) is 62.1 Å². The van der Waals surface area contributed by atoms with Crippen LogP contribution in [0.5, 0.6) is 11.5 Å². The zero-order valence-corrected chi connectivity index (χ0v) is 21.6. The lowest BCUT2D eigenvalue weighted by molar-refractivity contribution is -0.134. The Bertz CT molecular complexity index is 1480. The van der Waals surface area contributed by atoms with Crippen molar-refractivity contribution in [3.63, 3.8) is 0 Å². The molecule has 0 unspecified atom stereocenters. The summed E-state index contributed by atoms with van der Waals surface area (Å²) in [6.07, 6.45) is 5.41. The summed E-state index contributed by atoms with van der Waals surface area (Å²) in [5, 5.41) is 31.8. The maximum Gasteiger partial charge on any atom is 0.328 e. The van der Waals surface area contributed by atoms with E-state index in [2.05, 4.69) is 9.97 Å². The highest BCUT2D eigenvalue weighted by molar-refractivity contribution is 5.98. The minimum atomic E-state index is -1.26. The zero-order chi connectivity index (χ0) is 28.7. The molecule has 1 aliphatic carbocycles. The second kappa shape index (κ2) is 12.4. The molecule has 7 N–H and O–H groups in total. The quantitative estimate of drug-likeness (QED) is 0.213. The van der Waals surface area contributed by atoms with E-state index in [9.17, 15) is 14.7 Å². The minimum Gasteiger partial charge on any atom is -0.478 e. The van der Waals surface area contributed by atoms with Crippen LogP contribution < -0.4 is 16.2 Å². The summed E-state index contributed by atoms with van der Waals surface area (Å²) in [5.74, 6) is -0.599. The van der Waals surface area contributed by atoms with Crippen molar-refractivity contribution in [2.75, 3.05) is 12.3 Å². The molecular weight excluding hydrogens is 516 g/mol. The Kier molecular flexibility index (Phi) is 8.72. The molecule has 12 nitrogen and oxygen atoms in total. The maximum atomic E-state index is 10.5. The third-order valence-electron chi connectivity index (χ3n) is 6.60. The molecule has 0 aliphatic heterocycles. The van der Waals surface area contributed by atoms with Gasteiger partial charge in [0.15, 0.2) is 5.65 Å². The van der Waals surface area contributed by atoms with Crippen molar-refractivity contribution in [2.24, 2.45) is 5.73 Å². The van der Waals surface area contributed by atoms with Crippen molar-refractivity contribution < 1.29 is 29.6 Å². The number of fused-ring (bicyclic) bond motifs is 1. The van der Waals surface area contributed by atoms with Gasteiger partial charge in [-0.3, -0.25) is 0 Å². The first-order chi connectivity index (χ1) is 19.2. The van der Waals surface area contributed by atoms with E-state index in [4.69, 9.17) is 31.5 Å². The number of carbonyl (C=O) groups is 2. The molecule has 5 rings (SSSR count). The summed E-state index contributed by atoms with van der Waals surface area (Å²) in [5.41, 5.74) is 13.6. The number of para-hydroxylation sites is 1. The Balaban J connectivity index is 0.000000406. The zero-order valence-electron chi connectivity index (χ0n) is 21.6. The van der Waals surface area contributed by atoms with E-state index in [1.165, 1.54) is 6.33 Å². The van der Waals surface area contributed by atoms with Crippen LogP contribution in [0.2, 0.25) is 0 Å². The van der Waals surface area contributed by atoms with Crippen LogP contribution in [-0.2, 0) is 9.59 Å². The van der Waals surface area contributed by atoms with Gasteiger partial charge in [-0.1, -0.05) is 18.2 Å². The second-order valence-corrected chi connectivity index (χ2v) is 9.36. The average molecular weight is 547 g/mol. The molecule has 2 aromatic carbocycles. The van der Waals surface area contributed by atoms with Gasteiger partial charge in [0, 0.05) is 24.3 Å². The molecule has 2 heterocycles. The summed E-state index contributed by atoms with van der Waals surface area (Å²) < 4.78 is 7.84. The largest absolute Gasteiger partial charge is 0.478 e. The fourth-order valence-electron chi connectivity index (χ4n) is 4.49. The Morgan fingerprint density at radius 1 is 0.975 bits per heavy atom. The normalized spacial score (nSPS) is 18.7. The lowest BCUT2D eigenvalue weighted by Crippen LogP contribution is -2.41. The second-order valence-electron chi connectivity index (χ2n) is 9.36. The molecule has 0 bridgehead atoms. The number of carboxylic acids is 2. The first kappa shape index (κ1) is 28.2. The molecule has 0 atom stereocenters. The molecule has 2 aromatic heterocycles. The van der Waals surface area contributed by atoms with Crippen LogP contribution in [0.3, 0.4) is 0 Å². The molecule has 1 saturated carbocycles. The van der Waals surface area contributed by atoms with Crippen LogP contribution in [0.4, 0.5) is 5.82 Å². The van der Waals surface area contributed by atoms with Gasteiger partial charge < -0.3 is 31.5 Å². The molecule has 1 fully saturated rings. The number of anilines is 1. The predicted molar refractivity (Wildman–Crippen MR) is 148 cm³/mol. The van der Waals surface area contributed by atoms with Gasteiger partial charge in [-0.2, -0.15) is 5.10 Å². The van der Waals surface area contributed by atoms with Gasteiger partial charge >= 0.3 is 11.9 Å². The van der Waals surface area contributed by atoms with Crippen molar-refractivity contribution in [3.8, 4) is 22.8 Å². The van der Waals surface area contributed by atoms with Gasteiger partial charge in [-0.15, -0.1) is 0 Å². The standard InChI is InChI=1S/C24H26N6O2.C4H4O4/c25-14-24(31)12-10-17(11-13-24)30-23-20(22(26)27-15-28-23)21(29-30)16-6-8-19(9-7-16)32-18-4-2-1-3-5-18;5-3(6)1-2-4(7)8/h1-9,15,17,31H,10-14,25H2,(H2,26,27,28);1-2H,(H,5,6)(H,7,8). The third kappa shape index (κ3) is 6.79. The SMILES string of the molecule is NCC1(O)CCC(n2nc(-c3ccc(Oc4ccccc4)cc3)c3c(N)ncnc32)CC1.O=C(O)C=CC(=O)O. The summed E-state index contributed by atoms with van der Waals surface area (Å²) in [7, 11) is 0. The van der Waals surface area contributed by atoms with Crippen molar-refractivity contribution in [1.82, 2.24) is 19.7 Å². The number of nitrogens with zero attached hydrogens (tertiary/aromatic N) is 4. The van der Waals surface area contributed by atoms with Gasteiger partial charge in [0.25, 0.3) is 0 Å². The van der Waals surface area contributed by atoms with Crippen LogP contribution in [0, 0.1) is 0 Å². The number of ether oxygens (including phenoxy) is 1. The van der Waals surface area contributed by atoms with E-state index in [1.807, 2.05) is 59.3 Å². The molecular formula is C28H30N6O6. The molecule has 12 heteroatoms. The molecule has 4 aromatic rings. The van der Waals surface area contributed by atoms with Crippen molar-refractivity contribution in [2.45, 2.75) is 37.3 Å². The number of aliphatic carboxylic acids is 2. The molecule has 0 saturated heterocycles. The highest BCUT2D eigenvalue weighted by Gasteiger charge is 2.34. The van der Waals surface area contributed by atoms with E-state index >= 15 is 0 Å². The monoisotopic (exact) mass is 546 g/mol. The van der Waals surface area contributed by atoms with E-state index in [-0.39, 0.29) is 12.6 Å². The number of hydrogen-bond donors (Lipinski definition) is 5. The molecule has 208 valence electrons. The van der Waals surface area contributed by atoms with Crippen LogP contribution in [0.25, 0.3) is 22.3 Å². The van der Waals surface area contributed by atoms with Gasteiger partial charge in [0.2, 0.25) is 0 Å². The number of nitrogen functional groups attached to an aromatic ring is 1. The lowest BCUT2D eigenvalue weighted by atomic mass is 9.82. The third-order valence-corrected chi connectivity index (χ3v) is 6.60. The number of benzene rings is 2. The highest BCUT2D eigenvalue weighted by atomic mass is 16.5. The van der Waals surface area contributed by atoms with Gasteiger partial charge in [0.1, 0.15) is 29.3 Å². The van der Waals surface area contributed by atoms with Crippen LogP contribution in [-0.4, -0.2) is 59.2 Å². The molecule has 1 aliphatic rings. The molecule has 40 heavy (non-hydrogen) atoms. The van der Waals surface area contributed by atoms with Crippen molar-refractivity contribution in [3.05, 3.63) is 73.1 Å². The highest BCUT2D eigenvalue weighted by Crippen LogP contribution is 2.38. The van der Waals surface area contributed by atoms with Gasteiger partial charge in [0.05, 0.1) is 17.0 Å². The predicted octanol–water partition coefficient (Wildman–Crippen LogP) is 3.38.